The molecule has 0 amide bonds. The molecule has 0 rings (SSSR count). The Morgan fingerprint density at radius 2 is 2.11 bits per heavy atom. The highest BCUT2D eigenvalue weighted by Gasteiger charge is 2.46. The van der Waals surface area contributed by atoms with Gasteiger partial charge >= 0.3 is 17.3 Å². The van der Waals surface area contributed by atoms with E-state index in [0.29, 0.717) is 0 Å². The summed E-state index contributed by atoms with van der Waals surface area (Å²) in [6.07, 6.45) is 0. The Morgan fingerprint density at radius 3 is 2.22 bits per heavy atom. The van der Waals surface area contributed by atoms with Gasteiger partial charge in [-0.25, -0.2) is 0 Å². The van der Waals surface area contributed by atoms with Gasteiger partial charge in [0.05, 0.1) is 0 Å². The SMILES string of the molecule is O=[P+]([O-])O[Si](O)(O)OF. The summed E-state index contributed by atoms with van der Waals surface area (Å²) >= 11 is 0. The Balaban J connectivity index is 3.71. The van der Waals surface area contributed by atoms with E-state index in [-0.39, 0.29) is 0 Å². The summed E-state index contributed by atoms with van der Waals surface area (Å²) in [5.74, 6) is 0. The van der Waals surface area contributed by atoms with Gasteiger partial charge in [-0.05, 0) is 4.57 Å². The molecule has 54 valence electrons. The monoisotopic (exact) mass is 176 g/mol. The van der Waals surface area contributed by atoms with Gasteiger partial charge in [0.15, 0.2) is 0 Å². The van der Waals surface area contributed by atoms with Crippen LogP contribution in [0, 0.1) is 0 Å². The molecule has 9 heavy (non-hydrogen) atoms. The maximum Gasteiger partial charge on any atom is 0.751 e. The highest BCUT2D eigenvalue weighted by Crippen LogP contribution is 2.15. The molecule has 0 radical (unpaired) electrons. The van der Waals surface area contributed by atoms with Gasteiger partial charge in [-0.1, -0.05) is 8.74 Å². The highest BCUT2D eigenvalue weighted by atomic mass is 31.1. The van der Waals surface area contributed by atoms with E-state index >= 15 is 0 Å². The third kappa shape index (κ3) is 4.54. The first-order valence-electron chi connectivity index (χ1n) is 1.56. The van der Waals surface area contributed by atoms with Crippen molar-refractivity contribution in [2.45, 2.75) is 0 Å². The normalized spacial score (nSPS) is 13.6. The summed E-state index contributed by atoms with van der Waals surface area (Å²) in [6, 6.07) is 0. The summed E-state index contributed by atoms with van der Waals surface area (Å²) in [4.78, 5) is 25.4. The number of rotatable bonds is 3. The predicted octanol–water partition coefficient (Wildman–Crippen LogP) is -1.66. The maximum atomic E-state index is 10.8. The fourth-order valence-corrected chi connectivity index (χ4v) is 1.00. The van der Waals surface area contributed by atoms with Gasteiger partial charge < -0.3 is 14.5 Å². The van der Waals surface area contributed by atoms with Gasteiger partial charge in [-0.2, -0.15) is 4.63 Å². The summed E-state index contributed by atoms with van der Waals surface area (Å²) in [5, 5.41) is 0. The van der Waals surface area contributed by atoms with E-state index in [4.69, 9.17) is 9.59 Å². The van der Waals surface area contributed by atoms with Gasteiger partial charge in [-0.3, -0.25) is 0 Å². The molecule has 0 bridgehead atoms. The lowest BCUT2D eigenvalue weighted by atomic mass is 15.5. The van der Waals surface area contributed by atoms with Crippen LogP contribution in [0.4, 0.5) is 4.53 Å². The second kappa shape index (κ2) is 3.27. The zero-order valence-electron chi connectivity index (χ0n) is 3.85. The average Bonchev–Trinajstić information content (AvgIpc) is 1.63. The molecule has 0 aliphatic carbocycles. The molecule has 0 spiro atoms. The van der Waals surface area contributed by atoms with Gasteiger partial charge in [-0.15, -0.1) is 0 Å². The largest absolute Gasteiger partial charge is 0.751 e. The van der Waals surface area contributed by atoms with E-state index < -0.39 is 17.3 Å². The molecule has 0 fully saturated rings. The van der Waals surface area contributed by atoms with Crippen LogP contribution in [-0.2, 0) is 13.4 Å². The van der Waals surface area contributed by atoms with E-state index in [9.17, 15) is 14.0 Å². The van der Waals surface area contributed by atoms with E-state index in [1.807, 2.05) is 0 Å². The first-order chi connectivity index (χ1) is 3.98. The zero-order chi connectivity index (χ0) is 7.49. The molecule has 0 saturated carbocycles. The van der Waals surface area contributed by atoms with Crippen LogP contribution < -0.4 is 4.89 Å². The average molecular weight is 176 g/mol. The van der Waals surface area contributed by atoms with Gasteiger partial charge in [0.1, 0.15) is 0 Å². The highest BCUT2D eigenvalue weighted by molar-refractivity contribution is 7.32. The minimum absolute atomic E-state index is 2.39. The molecule has 0 aromatic heterocycles. The molecule has 0 aromatic rings. The minimum atomic E-state index is -5.00. The lowest BCUT2D eigenvalue weighted by Gasteiger charge is -2.00. The van der Waals surface area contributed by atoms with E-state index in [1.54, 1.807) is 0 Å². The lowest BCUT2D eigenvalue weighted by Crippen LogP contribution is -2.38. The van der Waals surface area contributed by atoms with Crippen molar-refractivity contribution in [3.8, 4) is 0 Å². The molecule has 0 aromatic carbocycles. The third-order valence-electron chi connectivity index (χ3n) is 0.294. The summed E-state index contributed by atoms with van der Waals surface area (Å²) in [7, 11) is -8.50. The van der Waals surface area contributed by atoms with Crippen molar-refractivity contribution in [3.63, 3.8) is 0 Å². The van der Waals surface area contributed by atoms with Crippen molar-refractivity contribution in [2.75, 3.05) is 0 Å². The lowest BCUT2D eigenvalue weighted by molar-refractivity contribution is -0.189. The van der Waals surface area contributed by atoms with Crippen molar-refractivity contribution in [1.82, 2.24) is 0 Å². The predicted molar refractivity (Wildman–Crippen MR) is 21.1 cm³/mol. The number of hydrogen-bond acceptors (Lipinski definition) is 6. The van der Waals surface area contributed by atoms with Crippen LogP contribution in [0.25, 0.3) is 0 Å². The number of hydrogen-bond donors (Lipinski definition) is 2. The number of halogens is 1. The second-order valence-electron chi connectivity index (χ2n) is 0.941. The van der Waals surface area contributed by atoms with Crippen molar-refractivity contribution in [2.24, 2.45) is 0 Å². The minimum Gasteiger partial charge on any atom is -0.567 e. The Bertz CT molecular complexity index is 112. The van der Waals surface area contributed by atoms with E-state index in [1.165, 1.54) is 0 Å². The molecule has 0 aliphatic rings. The summed E-state index contributed by atoms with van der Waals surface area (Å²) in [5.41, 5.74) is 0. The van der Waals surface area contributed by atoms with Gasteiger partial charge in [0, 0.05) is 0 Å². The molecule has 0 saturated heterocycles. The van der Waals surface area contributed by atoms with Crippen LogP contribution in [0.15, 0.2) is 0 Å². The van der Waals surface area contributed by atoms with Crippen molar-refractivity contribution in [3.05, 3.63) is 0 Å². The van der Waals surface area contributed by atoms with Crippen molar-refractivity contribution < 1.29 is 32.4 Å². The first kappa shape index (κ1) is 9.05. The van der Waals surface area contributed by atoms with E-state index in [2.05, 4.69) is 8.84 Å². The summed E-state index contributed by atoms with van der Waals surface area (Å²) < 4.78 is 25.8. The van der Waals surface area contributed by atoms with Crippen LogP contribution in [0.5, 0.6) is 0 Å². The quantitative estimate of drug-likeness (QED) is 0.394. The molecule has 6 nitrogen and oxygen atoms in total. The van der Waals surface area contributed by atoms with Gasteiger partial charge in [0.25, 0.3) is 0 Å². The summed E-state index contributed by atoms with van der Waals surface area (Å²) in [6.45, 7) is 0. The fourth-order valence-electron chi connectivity index (χ4n) is 0.111. The molecule has 2 N–H and O–H groups in total. The van der Waals surface area contributed by atoms with Crippen LogP contribution in [0.3, 0.4) is 0 Å². The Kier molecular flexibility index (Phi) is 3.29. The maximum absolute atomic E-state index is 10.8. The standard InChI is InChI=1S/FH2O6PSi/c1-6-9(4,5)7-8(2)3/h4-5H. The third-order valence-corrected chi connectivity index (χ3v) is 2.04. The second-order valence-corrected chi connectivity index (χ2v) is 3.37. The molecular formula is H2FO6PSi. The zero-order valence-corrected chi connectivity index (χ0v) is 5.75. The Hall–Kier alpha value is 0.0469. The van der Waals surface area contributed by atoms with Crippen LogP contribution in [0.2, 0.25) is 0 Å². The fraction of sp³-hybridized carbons (Fsp3) is 0. The topological polar surface area (TPSA) is 99.1 Å². The van der Waals surface area contributed by atoms with Gasteiger partial charge in [0.2, 0.25) is 0 Å². The van der Waals surface area contributed by atoms with Crippen LogP contribution in [-0.4, -0.2) is 18.6 Å². The Morgan fingerprint density at radius 1 is 1.67 bits per heavy atom. The van der Waals surface area contributed by atoms with Crippen LogP contribution in [0.1, 0.15) is 0 Å². The van der Waals surface area contributed by atoms with E-state index in [0.717, 1.165) is 0 Å². The molecule has 1 unspecified atom stereocenters. The van der Waals surface area contributed by atoms with Crippen molar-refractivity contribution >= 4 is 17.3 Å². The Labute approximate surface area is 50.8 Å². The van der Waals surface area contributed by atoms with Crippen molar-refractivity contribution in [1.29, 1.82) is 0 Å². The molecule has 1 atom stereocenters. The molecular weight excluding hydrogens is 174 g/mol. The smallest absolute Gasteiger partial charge is 0.567 e. The first-order valence-corrected chi connectivity index (χ1v) is 4.36. The molecule has 9 heteroatoms. The van der Waals surface area contributed by atoms with Crippen LogP contribution >= 0.6 is 8.25 Å². The molecule has 0 aliphatic heterocycles. The molecule has 0 heterocycles.